The number of benzene rings is 20. The lowest BCUT2D eigenvalue weighted by Gasteiger charge is -2.34. The van der Waals surface area contributed by atoms with Crippen LogP contribution in [-0.4, -0.2) is 66.2 Å². The zero-order valence-electron chi connectivity index (χ0n) is 76.5. The van der Waals surface area contributed by atoms with Gasteiger partial charge in [0.15, 0.2) is 43.0 Å². The predicted octanol–water partition coefficient (Wildman–Crippen LogP) is 28.5. The molecule has 27 aromatic rings. The van der Waals surface area contributed by atoms with Crippen molar-refractivity contribution >= 4 is 127 Å². The van der Waals surface area contributed by atoms with Gasteiger partial charge in [-0.3, -0.25) is 4.57 Å². The van der Waals surface area contributed by atoms with Crippen LogP contribution in [-0.2, 0) is 0 Å². The molecule has 0 N–H and O–H groups in total. The minimum absolute atomic E-state index is 0.637. The van der Waals surface area contributed by atoms with Crippen molar-refractivity contribution in [3.63, 3.8) is 0 Å². The van der Waals surface area contributed by atoms with Crippen molar-refractivity contribution in [2.45, 2.75) is 0 Å². The lowest BCUT2D eigenvalue weighted by molar-refractivity contribution is 1.01. The van der Waals surface area contributed by atoms with Gasteiger partial charge in [0.05, 0.1) is 55.3 Å². The highest BCUT2D eigenvalue weighted by Crippen LogP contribution is 2.42. The van der Waals surface area contributed by atoms with Crippen molar-refractivity contribution in [3.05, 3.63) is 522 Å². The molecule has 0 fully saturated rings. The molecule has 141 heavy (non-hydrogen) atoms. The van der Waals surface area contributed by atoms with E-state index in [1.165, 1.54) is 103 Å². The lowest BCUT2D eigenvalue weighted by Crippen LogP contribution is -2.74. The summed E-state index contributed by atoms with van der Waals surface area (Å²) in [5.41, 5.74) is 23.6. The summed E-state index contributed by atoms with van der Waals surface area (Å²) in [7, 11) is -2.75. The zero-order valence-corrected chi connectivity index (χ0v) is 77.5. The van der Waals surface area contributed by atoms with Gasteiger partial charge in [-0.05, 0) is 159 Å². The normalized spacial score (nSPS) is 11.5. The number of nitrogens with zero attached hydrogens (tertiary/aromatic N) is 12. The third-order valence-electron chi connectivity index (χ3n) is 27.0. The Morgan fingerprint density at radius 1 is 0.142 bits per heavy atom. The molecule has 0 radical (unpaired) electrons. The summed E-state index contributed by atoms with van der Waals surface area (Å²) in [4.78, 5) is 39.8. The fourth-order valence-electron chi connectivity index (χ4n) is 20.5. The van der Waals surface area contributed by atoms with Crippen molar-refractivity contribution in [1.82, 2.24) is 58.1 Å². The standard InChI is InChI=1S/C51H36N4Si.C44H28N4.C33H22N4/c1-6-18-37(19-7-1)49-52-50(38-20-8-2-9-21-38)54-51(53-49)39-30-32-40(33-31-39)55-47-29-17-16-28-45(47)46-35-34-44(36-48(46)55)56(41-22-10-3-11-23-41,42-24-12-4-13-25-42)43-26-14-5-15-27-43;1-3-13-29(14-4-1)43-35-19-7-10-20-38(35)45-44(46-43)48-40-22-12-9-18-34(40)37-28-31(24-26-42(37)48)30-23-25-41-36(27-30)33-17-8-11-21-39(33)47(41)32-15-5-2-6-16-32;1-3-11-23(12-4-1)31-34-32(24-13-5-2-6-14-24)36-33(35-31)25-19-21-26(22-20-25)37-29-17-9-7-15-27(29)28-16-8-10-18-30(28)37/h1-36H;1-28H;1-22H. The third-order valence-corrected chi connectivity index (χ3v) is 31.8. The van der Waals surface area contributed by atoms with E-state index in [-0.39, 0.29) is 0 Å². The van der Waals surface area contributed by atoms with E-state index < -0.39 is 8.07 Å². The zero-order chi connectivity index (χ0) is 93.5. The van der Waals surface area contributed by atoms with Gasteiger partial charge in [0.2, 0.25) is 5.95 Å². The van der Waals surface area contributed by atoms with Crippen LogP contribution in [0.1, 0.15) is 0 Å². The van der Waals surface area contributed by atoms with E-state index in [2.05, 4.69) is 407 Å². The maximum absolute atomic E-state index is 5.23. The largest absolute Gasteiger partial charge is 0.309 e. The molecular formula is C128H86N12Si. The van der Waals surface area contributed by atoms with Gasteiger partial charge in [-0.25, -0.2) is 39.9 Å². The van der Waals surface area contributed by atoms with Crippen molar-refractivity contribution in [3.8, 4) is 114 Å². The number of hydrogen-bond acceptors (Lipinski definition) is 8. The molecule has 13 heteroatoms. The van der Waals surface area contributed by atoms with E-state index in [9.17, 15) is 0 Å². The molecule has 0 amide bonds. The molecule has 662 valence electrons. The summed E-state index contributed by atoms with van der Waals surface area (Å²) in [6.45, 7) is 0. The van der Waals surface area contributed by atoms with Crippen LogP contribution in [0.3, 0.4) is 0 Å². The second-order valence-electron chi connectivity index (χ2n) is 35.2. The molecule has 7 aromatic heterocycles. The first-order valence-corrected chi connectivity index (χ1v) is 49.5. The summed E-state index contributed by atoms with van der Waals surface area (Å²) in [5, 5.41) is 16.2. The maximum Gasteiger partial charge on any atom is 0.235 e. The number of rotatable bonds is 16. The van der Waals surface area contributed by atoms with Crippen LogP contribution in [0.15, 0.2) is 522 Å². The molecule has 0 aliphatic rings. The molecule has 0 saturated heterocycles. The first-order valence-electron chi connectivity index (χ1n) is 47.5. The van der Waals surface area contributed by atoms with Gasteiger partial charge in [-0.2, -0.15) is 0 Å². The summed E-state index contributed by atoms with van der Waals surface area (Å²) in [6, 6.07) is 184. The second kappa shape index (κ2) is 36.4. The van der Waals surface area contributed by atoms with Crippen LogP contribution in [0.4, 0.5) is 0 Å². The van der Waals surface area contributed by atoms with Gasteiger partial charge in [0.1, 0.15) is 0 Å². The summed E-state index contributed by atoms with van der Waals surface area (Å²) < 4.78 is 9.30. The van der Waals surface area contributed by atoms with Crippen molar-refractivity contribution in [1.29, 1.82) is 0 Å². The van der Waals surface area contributed by atoms with E-state index >= 15 is 0 Å². The number of para-hydroxylation sites is 7. The molecule has 0 bridgehead atoms. The Balaban J connectivity index is 0.000000114. The Kier molecular flexibility index (Phi) is 21.7. The first-order chi connectivity index (χ1) is 69.9. The average molecular weight is 1820 g/mol. The molecule has 27 rings (SSSR count). The Labute approximate surface area is 814 Å². The van der Waals surface area contributed by atoms with E-state index in [1.54, 1.807) is 0 Å². The highest BCUT2D eigenvalue weighted by atomic mass is 28.3. The third kappa shape index (κ3) is 15.4. The summed E-state index contributed by atoms with van der Waals surface area (Å²) >= 11 is 0. The molecule has 0 spiro atoms. The highest BCUT2D eigenvalue weighted by Gasteiger charge is 2.42. The molecule has 0 aliphatic carbocycles. The van der Waals surface area contributed by atoms with Crippen LogP contribution in [0.2, 0.25) is 0 Å². The molecule has 7 heterocycles. The van der Waals surface area contributed by atoms with Gasteiger partial charge < -0.3 is 13.7 Å². The van der Waals surface area contributed by atoms with Gasteiger partial charge in [-0.1, -0.05) is 394 Å². The maximum atomic E-state index is 5.23. The van der Waals surface area contributed by atoms with Gasteiger partial charge >= 0.3 is 0 Å². The molecule has 0 aliphatic heterocycles. The minimum atomic E-state index is -2.75. The Hall–Kier alpha value is -18.8. The van der Waals surface area contributed by atoms with E-state index in [1.807, 2.05) is 133 Å². The van der Waals surface area contributed by atoms with Crippen molar-refractivity contribution in [2.75, 3.05) is 0 Å². The second-order valence-corrected chi connectivity index (χ2v) is 39.0. The first kappa shape index (κ1) is 84.0. The number of aromatic nitrogens is 12. The van der Waals surface area contributed by atoms with Crippen LogP contribution >= 0.6 is 0 Å². The van der Waals surface area contributed by atoms with Gasteiger partial charge in [0, 0.05) is 104 Å². The number of fused-ring (bicyclic) bond motifs is 13. The molecule has 12 nitrogen and oxygen atoms in total. The van der Waals surface area contributed by atoms with Crippen molar-refractivity contribution < 1.29 is 0 Å². The molecule has 0 saturated carbocycles. The molecule has 0 atom stereocenters. The average Bonchev–Trinajstić information content (AvgIpc) is 1.59. The van der Waals surface area contributed by atoms with Gasteiger partial charge in [0.25, 0.3) is 0 Å². The SMILES string of the molecule is c1ccc(-c2nc(-c3ccccc3)nc(-c3ccc(-n4c5ccccc5c5ccc([Si](c6ccccc6)(c6ccccc6)c6ccccc6)cc54)cc3)n2)cc1.c1ccc(-c2nc(-c3ccccc3)nc(-c3ccc(-n4c5ccccc5c5ccccc54)cc3)n2)cc1.c1ccc(-c2nc(-n3c4ccccc4c4cc(-c5ccc6c(c5)c5ccccc5n6-c5ccccc5)ccc43)nc3ccccc23)cc1. The van der Waals surface area contributed by atoms with Crippen LogP contribution in [0.5, 0.6) is 0 Å². The quantitative estimate of drug-likeness (QED) is 0.0692. The fourth-order valence-corrected chi connectivity index (χ4v) is 25.3. The smallest absolute Gasteiger partial charge is 0.235 e. The molecular weight excluding hydrogens is 1730 g/mol. The van der Waals surface area contributed by atoms with E-state index in [0.29, 0.717) is 40.9 Å². The number of hydrogen-bond donors (Lipinski definition) is 0. The summed E-state index contributed by atoms with van der Waals surface area (Å²) in [6.07, 6.45) is 0. The molecule has 0 unspecified atom stereocenters. The Morgan fingerprint density at radius 2 is 0.397 bits per heavy atom. The Morgan fingerprint density at radius 3 is 0.766 bits per heavy atom. The van der Waals surface area contributed by atoms with Crippen molar-refractivity contribution in [2.24, 2.45) is 0 Å². The topological polar surface area (TPSA) is 123 Å². The fraction of sp³-hybridized carbons (Fsp3) is 0. The van der Waals surface area contributed by atoms with Crippen LogP contribution in [0, 0.1) is 0 Å². The van der Waals surface area contributed by atoms with Gasteiger partial charge in [-0.15, -0.1) is 0 Å². The summed E-state index contributed by atoms with van der Waals surface area (Å²) in [5.74, 6) is 4.58. The van der Waals surface area contributed by atoms with Crippen LogP contribution < -0.4 is 20.7 Å². The van der Waals surface area contributed by atoms with Crippen LogP contribution in [0.25, 0.3) is 212 Å². The molecule has 20 aromatic carbocycles. The monoisotopic (exact) mass is 1820 g/mol. The highest BCUT2D eigenvalue weighted by molar-refractivity contribution is 7.20. The predicted molar refractivity (Wildman–Crippen MR) is 584 cm³/mol. The van der Waals surface area contributed by atoms with E-state index in [0.717, 1.165) is 89.2 Å². The van der Waals surface area contributed by atoms with E-state index in [4.69, 9.17) is 39.9 Å². The minimum Gasteiger partial charge on any atom is -0.309 e. The Bertz CT molecular complexity index is 9050. The lowest BCUT2D eigenvalue weighted by atomic mass is 10.0.